The van der Waals surface area contributed by atoms with Crippen molar-refractivity contribution in [1.29, 1.82) is 0 Å². The Labute approximate surface area is 165 Å². The molecular weight excluding hydrogens is 336 g/mol. The van der Waals surface area contributed by atoms with E-state index < -0.39 is 0 Å². The molecule has 27 heavy (non-hydrogen) atoms. The van der Waals surface area contributed by atoms with Crippen LogP contribution in [0.5, 0.6) is 0 Å². The van der Waals surface area contributed by atoms with Crippen molar-refractivity contribution in [2.45, 2.75) is 83.7 Å². The van der Waals surface area contributed by atoms with E-state index in [1.54, 1.807) is 7.11 Å². The maximum Gasteiger partial charge on any atom is 0.224 e. The van der Waals surface area contributed by atoms with Crippen LogP contribution < -0.4 is 10.2 Å². The summed E-state index contributed by atoms with van der Waals surface area (Å²) in [7, 11) is 1.79. The molecule has 4 heteroatoms. The number of carbonyl (C=O) groups is 1. The molecule has 0 saturated carbocycles. The summed E-state index contributed by atoms with van der Waals surface area (Å²) in [5.74, 6) is 0.131. The number of nitrogens with zero attached hydrogens (tertiary/aromatic N) is 1. The van der Waals surface area contributed by atoms with Gasteiger partial charge in [0, 0.05) is 38.0 Å². The second-order valence-corrected chi connectivity index (χ2v) is 7.77. The fraction of sp³-hybridized carbons (Fsp3) is 0.696. The van der Waals surface area contributed by atoms with Crippen molar-refractivity contribution in [1.82, 2.24) is 0 Å². The summed E-state index contributed by atoms with van der Waals surface area (Å²) in [5.41, 5.74) is 2.10. The molecule has 0 aliphatic carbocycles. The minimum atomic E-state index is 0.131. The zero-order chi connectivity index (χ0) is 19.3. The number of benzene rings is 1. The van der Waals surface area contributed by atoms with Crippen LogP contribution in [0.3, 0.4) is 0 Å². The van der Waals surface area contributed by atoms with Gasteiger partial charge in [0.25, 0.3) is 0 Å². The number of nitrogens with one attached hydrogen (secondary N) is 1. The van der Waals surface area contributed by atoms with E-state index in [9.17, 15) is 4.79 Å². The maximum absolute atomic E-state index is 12.1. The molecule has 0 bridgehead atoms. The largest absolute Gasteiger partial charge is 0.380 e. The molecule has 1 fully saturated rings. The third-order valence-corrected chi connectivity index (χ3v) is 5.49. The first-order chi connectivity index (χ1) is 13.2. The molecule has 4 nitrogen and oxygen atoms in total. The Morgan fingerprint density at radius 1 is 1.07 bits per heavy atom. The molecule has 1 atom stereocenters. The number of amides is 1. The Hall–Kier alpha value is -1.55. The molecule has 1 aromatic rings. The Morgan fingerprint density at radius 2 is 1.74 bits per heavy atom. The van der Waals surface area contributed by atoms with Gasteiger partial charge in [-0.1, -0.05) is 51.9 Å². The molecule has 1 aliphatic heterocycles. The molecule has 1 saturated heterocycles. The molecule has 1 heterocycles. The molecule has 0 radical (unpaired) electrons. The highest BCUT2D eigenvalue weighted by atomic mass is 16.5. The summed E-state index contributed by atoms with van der Waals surface area (Å²) in [6, 6.07) is 8.22. The highest BCUT2D eigenvalue weighted by molar-refractivity contribution is 5.90. The quantitative estimate of drug-likeness (QED) is 0.472. The lowest BCUT2D eigenvalue weighted by atomic mass is 10.1. The van der Waals surface area contributed by atoms with Crippen molar-refractivity contribution in [2.75, 3.05) is 30.4 Å². The fourth-order valence-electron chi connectivity index (χ4n) is 3.76. The van der Waals surface area contributed by atoms with E-state index in [4.69, 9.17) is 4.74 Å². The Kier molecular flexibility index (Phi) is 10.3. The van der Waals surface area contributed by atoms with Crippen LogP contribution in [0.4, 0.5) is 11.4 Å². The molecule has 0 spiro atoms. The number of carbonyl (C=O) groups excluding carboxylic acids is 1. The number of hydrogen-bond acceptors (Lipinski definition) is 3. The van der Waals surface area contributed by atoms with Gasteiger partial charge < -0.3 is 15.0 Å². The SMILES string of the molecule is CCCCCCCCCCC(=O)Nc1ccc(N2CCCC(OC)C2)cc1. The zero-order valence-corrected chi connectivity index (χ0v) is 17.3. The highest BCUT2D eigenvalue weighted by Gasteiger charge is 2.19. The van der Waals surface area contributed by atoms with Crippen LogP contribution >= 0.6 is 0 Å². The van der Waals surface area contributed by atoms with Gasteiger partial charge in [0.1, 0.15) is 0 Å². The van der Waals surface area contributed by atoms with Gasteiger partial charge in [-0.2, -0.15) is 0 Å². The van der Waals surface area contributed by atoms with E-state index in [-0.39, 0.29) is 5.91 Å². The summed E-state index contributed by atoms with van der Waals surface area (Å²) in [5, 5.41) is 3.03. The molecule has 1 unspecified atom stereocenters. The smallest absolute Gasteiger partial charge is 0.224 e. The van der Waals surface area contributed by atoms with Gasteiger partial charge in [0.15, 0.2) is 0 Å². The lowest BCUT2D eigenvalue weighted by Gasteiger charge is -2.33. The van der Waals surface area contributed by atoms with Crippen molar-refractivity contribution < 1.29 is 9.53 Å². The average Bonchev–Trinajstić information content (AvgIpc) is 2.70. The summed E-state index contributed by atoms with van der Waals surface area (Å²) in [4.78, 5) is 14.5. The molecule has 0 aromatic heterocycles. The average molecular weight is 375 g/mol. The first-order valence-electron chi connectivity index (χ1n) is 10.9. The van der Waals surface area contributed by atoms with E-state index >= 15 is 0 Å². The lowest BCUT2D eigenvalue weighted by Crippen LogP contribution is -2.39. The second-order valence-electron chi connectivity index (χ2n) is 7.77. The molecule has 1 N–H and O–H groups in total. The highest BCUT2D eigenvalue weighted by Crippen LogP contribution is 2.23. The normalized spacial score (nSPS) is 17.1. The van der Waals surface area contributed by atoms with Crippen molar-refractivity contribution >= 4 is 17.3 Å². The topological polar surface area (TPSA) is 41.6 Å². The van der Waals surface area contributed by atoms with Crippen molar-refractivity contribution in [3.8, 4) is 0 Å². The monoisotopic (exact) mass is 374 g/mol. The maximum atomic E-state index is 12.1. The van der Waals surface area contributed by atoms with Crippen LogP contribution in [0.2, 0.25) is 0 Å². The first kappa shape index (κ1) is 21.7. The van der Waals surface area contributed by atoms with Crippen molar-refractivity contribution in [3.63, 3.8) is 0 Å². The third kappa shape index (κ3) is 8.34. The van der Waals surface area contributed by atoms with E-state index in [1.165, 1.54) is 44.2 Å². The number of anilines is 2. The molecule has 152 valence electrons. The van der Waals surface area contributed by atoms with Crippen LogP contribution in [0.25, 0.3) is 0 Å². The minimum absolute atomic E-state index is 0.131. The minimum Gasteiger partial charge on any atom is -0.380 e. The predicted molar refractivity (Wildman–Crippen MR) is 115 cm³/mol. The van der Waals surface area contributed by atoms with Gasteiger partial charge >= 0.3 is 0 Å². The van der Waals surface area contributed by atoms with Crippen LogP contribution in [0.1, 0.15) is 77.6 Å². The van der Waals surface area contributed by atoms with Gasteiger partial charge in [0.05, 0.1) is 6.10 Å². The Balaban J connectivity index is 1.63. The number of hydrogen-bond donors (Lipinski definition) is 1. The van der Waals surface area contributed by atoms with E-state index in [0.717, 1.165) is 44.5 Å². The zero-order valence-electron chi connectivity index (χ0n) is 17.3. The lowest BCUT2D eigenvalue weighted by molar-refractivity contribution is -0.116. The van der Waals surface area contributed by atoms with Crippen LogP contribution in [-0.4, -0.2) is 32.2 Å². The fourth-order valence-corrected chi connectivity index (χ4v) is 3.76. The van der Waals surface area contributed by atoms with Crippen LogP contribution in [0.15, 0.2) is 24.3 Å². The van der Waals surface area contributed by atoms with Gasteiger partial charge in [-0.25, -0.2) is 0 Å². The van der Waals surface area contributed by atoms with Gasteiger partial charge in [-0.3, -0.25) is 4.79 Å². The summed E-state index contributed by atoms with van der Waals surface area (Å²) < 4.78 is 5.50. The van der Waals surface area contributed by atoms with E-state index in [0.29, 0.717) is 12.5 Å². The van der Waals surface area contributed by atoms with Crippen molar-refractivity contribution in [3.05, 3.63) is 24.3 Å². The van der Waals surface area contributed by atoms with Crippen LogP contribution in [0, 0.1) is 0 Å². The van der Waals surface area contributed by atoms with Crippen LogP contribution in [-0.2, 0) is 9.53 Å². The third-order valence-electron chi connectivity index (χ3n) is 5.49. The van der Waals surface area contributed by atoms with Gasteiger partial charge in [-0.05, 0) is 43.5 Å². The summed E-state index contributed by atoms with van der Waals surface area (Å²) in [6.45, 7) is 4.27. The number of unbranched alkanes of at least 4 members (excludes halogenated alkanes) is 7. The Bertz CT molecular complexity index is 530. The van der Waals surface area contributed by atoms with E-state index in [1.807, 2.05) is 12.1 Å². The number of rotatable bonds is 12. The number of methoxy groups -OCH3 is 1. The summed E-state index contributed by atoms with van der Waals surface area (Å²) in [6.07, 6.45) is 13.3. The first-order valence-corrected chi connectivity index (χ1v) is 10.9. The second kappa shape index (κ2) is 12.8. The van der Waals surface area contributed by atoms with Gasteiger partial charge in [-0.15, -0.1) is 0 Å². The van der Waals surface area contributed by atoms with Gasteiger partial charge in [0.2, 0.25) is 5.91 Å². The van der Waals surface area contributed by atoms with Crippen molar-refractivity contribution in [2.24, 2.45) is 0 Å². The molecule has 1 aliphatic rings. The molecule has 1 aromatic carbocycles. The Morgan fingerprint density at radius 3 is 2.41 bits per heavy atom. The predicted octanol–water partition coefficient (Wildman–Crippen LogP) is 5.77. The summed E-state index contributed by atoms with van der Waals surface area (Å²) >= 11 is 0. The molecule has 2 rings (SSSR count). The molecular formula is C23H38N2O2. The molecule has 1 amide bonds. The standard InChI is InChI=1S/C23H38N2O2/c1-3-4-5-6-7-8-9-10-13-23(26)24-20-14-16-21(17-15-20)25-18-11-12-22(19-25)27-2/h14-17,22H,3-13,18-19H2,1-2H3,(H,24,26). The number of ether oxygens (including phenoxy) is 1. The van der Waals surface area contributed by atoms with E-state index in [2.05, 4.69) is 29.3 Å². The number of piperidine rings is 1.